The van der Waals surface area contributed by atoms with Crippen molar-refractivity contribution in [2.45, 2.75) is 13.1 Å². The maximum Gasteiger partial charge on any atom is 0.433 e. The van der Waals surface area contributed by atoms with Crippen LogP contribution in [0.4, 0.5) is 19.0 Å². The molecule has 1 aromatic heterocycles. The van der Waals surface area contributed by atoms with E-state index in [0.29, 0.717) is 44.1 Å². The van der Waals surface area contributed by atoms with Crippen molar-refractivity contribution in [3.8, 4) is 5.75 Å². The van der Waals surface area contributed by atoms with Gasteiger partial charge < -0.3 is 14.5 Å². The van der Waals surface area contributed by atoms with E-state index in [4.69, 9.17) is 4.74 Å². The Labute approximate surface area is 154 Å². The van der Waals surface area contributed by atoms with Gasteiger partial charge in [0.05, 0.1) is 12.2 Å². The molecule has 0 radical (unpaired) electrons. The van der Waals surface area contributed by atoms with Gasteiger partial charge in [0, 0.05) is 32.2 Å². The van der Waals surface area contributed by atoms with Crippen LogP contribution in [0, 0.1) is 0 Å². The van der Waals surface area contributed by atoms with Crippen molar-refractivity contribution in [3.63, 3.8) is 0 Å². The van der Waals surface area contributed by atoms with E-state index in [1.807, 2.05) is 6.92 Å². The fourth-order valence-electron chi connectivity index (χ4n) is 2.91. The van der Waals surface area contributed by atoms with Gasteiger partial charge in [0.2, 0.25) is 0 Å². The fourth-order valence-corrected chi connectivity index (χ4v) is 2.91. The maximum absolute atomic E-state index is 12.8. The summed E-state index contributed by atoms with van der Waals surface area (Å²) in [5.41, 5.74) is -0.495. The number of anilines is 1. The van der Waals surface area contributed by atoms with Gasteiger partial charge >= 0.3 is 6.18 Å². The smallest absolute Gasteiger partial charge is 0.433 e. The summed E-state index contributed by atoms with van der Waals surface area (Å²) in [4.78, 5) is 23.4. The summed E-state index contributed by atoms with van der Waals surface area (Å²) < 4.78 is 44.0. The molecular formula is C18H19F3N4O2. The third kappa shape index (κ3) is 4.29. The molecule has 0 spiro atoms. The van der Waals surface area contributed by atoms with E-state index >= 15 is 0 Å². The lowest BCUT2D eigenvalue weighted by Gasteiger charge is -2.35. The molecule has 0 N–H and O–H groups in total. The Morgan fingerprint density at radius 3 is 2.52 bits per heavy atom. The standard InChI is InChI=1S/C18H19F3N4O2/c1-2-27-14-6-4-3-5-13(14)17(26)25-9-7-24(8-10-25)16-11-15(18(19,20)21)22-12-23-16/h3-6,11-12H,2,7-10H2,1H3. The molecule has 1 aliphatic rings. The van der Waals surface area contributed by atoms with Gasteiger partial charge in [0.1, 0.15) is 23.6 Å². The molecule has 0 aliphatic carbocycles. The number of halogens is 3. The molecule has 1 amide bonds. The van der Waals surface area contributed by atoms with Gasteiger partial charge in [-0.2, -0.15) is 13.2 Å². The van der Waals surface area contributed by atoms with Gasteiger partial charge in [-0.15, -0.1) is 0 Å². The molecule has 2 heterocycles. The highest BCUT2D eigenvalue weighted by molar-refractivity contribution is 5.97. The van der Waals surface area contributed by atoms with Crippen LogP contribution in [0.1, 0.15) is 23.0 Å². The Balaban J connectivity index is 1.68. The highest BCUT2D eigenvalue weighted by Crippen LogP contribution is 2.29. The lowest BCUT2D eigenvalue weighted by atomic mass is 10.1. The molecule has 9 heteroatoms. The molecule has 1 saturated heterocycles. The van der Waals surface area contributed by atoms with Crippen molar-refractivity contribution < 1.29 is 22.7 Å². The number of hydrogen-bond acceptors (Lipinski definition) is 5. The molecule has 0 saturated carbocycles. The lowest BCUT2D eigenvalue weighted by molar-refractivity contribution is -0.141. The first-order chi connectivity index (χ1) is 12.9. The number of alkyl halides is 3. The minimum absolute atomic E-state index is 0.155. The molecular weight excluding hydrogens is 361 g/mol. The third-order valence-corrected chi connectivity index (χ3v) is 4.25. The van der Waals surface area contributed by atoms with Crippen LogP contribution in [0.25, 0.3) is 0 Å². The normalized spacial score (nSPS) is 15.0. The molecule has 1 fully saturated rings. The van der Waals surface area contributed by atoms with Crippen LogP contribution in [-0.4, -0.2) is 53.6 Å². The van der Waals surface area contributed by atoms with Crippen LogP contribution >= 0.6 is 0 Å². The summed E-state index contributed by atoms with van der Waals surface area (Å²) in [6, 6.07) is 7.95. The van der Waals surface area contributed by atoms with E-state index in [2.05, 4.69) is 9.97 Å². The van der Waals surface area contributed by atoms with E-state index in [9.17, 15) is 18.0 Å². The van der Waals surface area contributed by atoms with Crippen molar-refractivity contribution >= 4 is 11.7 Å². The number of carbonyl (C=O) groups excluding carboxylic acids is 1. The van der Waals surface area contributed by atoms with Crippen LogP contribution in [0.2, 0.25) is 0 Å². The number of piperazine rings is 1. The zero-order chi connectivity index (χ0) is 19.4. The number of amides is 1. The fraction of sp³-hybridized carbons (Fsp3) is 0.389. The van der Waals surface area contributed by atoms with Crippen molar-refractivity contribution in [1.82, 2.24) is 14.9 Å². The summed E-state index contributed by atoms with van der Waals surface area (Å²) in [5, 5.41) is 0. The maximum atomic E-state index is 12.8. The van der Waals surface area contributed by atoms with Gasteiger partial charge in [0.15, 0.2) is 0 Å². The molecule has 27 heavy (non-hydrogen) atoms. The average molecular weight is 380 g/mol. The summed E-state index contributed by atoms with van der Waals surface area (Å²) in [7, 11) is 0. The van der Waals surface area contributed by atoms with Gasteiger partial charge in [-0.05, 0) is 19.1 Å². The number of rotatable bonds is 4. The third-order valence-electron chi connectivity index (χ3n) is 4.25. The first-order valence-corrected chi connectivity index (χ1v) is 8.55. The molecule has 6 nitrogen and oxygen atoms in total. The minimum atomic E-state index is -4.52. The van der Waals surface area contributed by atoms with E-state index in [1.165, 1.54) is 0 Å². The second-order valence-corrected chi connectivity index (χ2v) is 5.97. The molecule has 0 bridgehead atoms. The van der Waals surface area contributed by atoms with E-state index in [-0.39, 0.29) is 11.7 Å². The molecule has 1 aliphatic heterocycles. The minimum Gasteiger partial charge on any atom is -0.493 e. The van der Waals surface area contributed by atoms with Crippen LogP contribution in [0.5, 0.6) is 5.75 Å². The highest BCUT2D eigenvalue weighted by atomic mass is 19.4. The van der Waals surface area contributed by atoms with Crippen molar-refractivity contribution in [3.05, 3.63) is 47.9 Å². The summed E-state index contributed by atoms with van der Waals surface area (Å²) in [5.74, 6) is 0.578. The van der Waals surface area contributed by atoms with Crippen LogP contribution in [0.15, 0.2) is 36.7 Å². The van der Waals surface area contributed by atoms with Crippen LogP contribution in [0.3, 0.4) is 0 Å². The Morgan fingerprint density at radius 1 is 1.15 bits per heavy atom. The predicted octanol–water partition coefficient (Wildman–Crippen LogP) is 2.86. The molecule has 1 aromatic carbocycles. The number of aromatic nitrogens is 2. The Bertz CT molecular complexity index is 805. The summed E-state index contributed by atoms with van der Waals surface area (Å²) >= 11 is 0. The molecule has 3 rings (SSSR count). The van der Waals surface area contributed by atoms with Crippen LogP contribution in [-0.2, 0) is 6.18 Å². The highest BCUT2D eigenvalue weighted by Gasteiger charge is 2.33. The van der Waals surface area contributed by atoms with Crippen molar-refractivity contribution in [2.75, 3.05) is 37.7 Å². The first-order valence-electron chi connectivity index (χ1n) is 8.55. The Morgan fingerprint density at radius 2 is 1.85 bits per heavy atom. The molecule has 0 unspecified atom stereocenters. The zero-order valence-electron chi connectivity index (χ0n) is 14.7. The second kappa shape index (κ2) is 7.81. The topological polar surface area (TPSA) is 58.6 Å². The van der Waals surface area contributed by atoms with E-state index in [1.54, 1.807) is 34.1 Å². The predicted molar refractivity (Wildman–Crippen MR) is 92.8 cm³/mol. The number of para-hydroxylation sites is 1. The summed E-state index contributed by atoms with van der Waals surface area (Å²) in [6.45, 7) is 3.83. The molecule has 144 valence electrons. The second-order valence-electron chi connectivity index (χ2n) is 5.97. The molecule has 0 atom stereocenters. The number of benzene rings is 1. The SMILES string of the molecule is CCOc1ccccc1C(=O)N1CCN(c2cc(C(F)(F)F)ncn2)CC1. The quantitative estimate of drug-likeness (QED) is 0.816. The lowest BCUT2D eigenvalue weighted by Crippen LogP contribution is -2.49. The number of carbonyl (C=O) groups is 1. The zero-order valence-corrected chi connectivity index (χ0v) is 14.7. The first kappa shape index (κ1) is 18.9. The number of ether oxygens (including phenoxy) is 1. The van der Waals surface area contributed by atoms with Gasteiger partial charge in [-0.3, -0.25) is 4.79 Å². The van der Waals surface area contributed by atoms with Crippen LogP contribution < -0.4 is 9.64 Å². The largest absolute Gasteiger partial charge is 0.493 e. The van der Waals surface area contributed by atoms with Crippen molar-refractivity contribution in [2.24, 2.45) is 0 Å². The monoisotopic (exact) mass is 380 g/mol. The van der Waals surface area contributed by atoms with E-state index in [0.717, 1.165) is 12.4 Å². The average Bonchev–Trinajstić information content (AvgIpc) is 2.68. The Hall–Kier alpha value is -2.84. The number of hydrogen-bond donors (Lipinski definition) is 0. The van der Waals surface area contributed by atoms with Gasteiger partial charge in [0.25, 0.3) is 5.91 Å². The number of nitrogens with zero attached hydrogens (tertiary/aromatic N) is 4. The van der Waals surface area contributed by atoms with Crippen molar-refractivity contribution in [1.29, 1.82) is 0 Å². The summed E-state index contributed by atoms with van der Waals surface area (Å²) in [6.07, 6.45) is -3.60. The Kier molecular flexibility index (Phi) is 5.48. The van der Waals surface area contributed by atoms with E-state index < -0.39 is 11.9 Å². The van der Waals surface area contributed by atoms with Gasteiger partial charge in [-0.25, -0.2) is 9.97 Å². The van der Waals surface area contributed by atoms with Gasteiger partial charge in [-0.1, -0.05) is 12.1 Å². The molecule has 2 aromatic rings.